The molecule has 0 fully saturated rings. The van der Waals surface area contributed by atoms with Gasteiger partial charge in [0, 0.05) is 27.4 Å². The van der Waals surface area contributed by atoms with Crippen LogP contribution in [0.4, 0.5) is 4.39 Å². The second kappa shape index (κ2) is 6.70. The van der Waals surface area contributed by atoms with Crippen molar-refractivity contribution in [2.45, 2.75) is 12.8 Å². The highest BCUT2D eigenvalue weighted by molar-refractivity contribution is 9.10. The number of halogens is 4. The maximum Gasteiger partial charge on any atom is 0.141 e. The highest BCUT2D eigenvalue weighted by Gasteiger charge is 2.13. The Morgan fingerprint density at radius 2 is 1.75 bits per heavy atom. The smallest absolute Gasteiger partial charge is 0.141 e. The van der Waals surface area contributed by atoms with Crippen LogP contribution in [0, 0.1) is 5.82 Å². The van der Waals surface area contributed by atoms with Gasteiger partial charge in [-0.25, -0.2) is 4.39 Å². The van der Waals surface area contributed by atoms with Gasteiger partial charge >= 0.3 is 0 Å². The van der Waals surface area contributed by atoms with Crippen molar-refractivity contribution in [3.63, 3.8) is 0 Å². The molecule has 2 aromatic rings. The Hall–Kier alpha value is -0.900. The molecular weight excluding hydrogens is 366 g/mol. The number of benzene rings is 2. The second-order valence-electron chi connectivity index (χ2n) is 4.33. The van der Waals surface area contributed by atoms with E-state index < -0.39 is 0 Å². The molecule has 5 heteroatoms. The molecule has 0 saturated heterocycles. The molecule has 0 aliphatic rings. The lowest BCUT2D eigenvalue weighted by molar-refractivity contribution is -0.117. The Bertz CT molecular complexity index is 638. The van der Waals surface area contributed by atoms with Gasteiger partial charge in [0.05, 0.1) is 0 Å². The van der Waals surface area contributed by atoms with Gasteiger partial charge in [-0.15, -0.1) is 0 Å². The monoisotopic (exact) mass is 374 g/mol. The van der Waals surface area contributed by atoms with Crippen molar-refractivity contribution in [1.29, 1.82) is 0 Å². The summed E-state index contributed by atoms with van der Waals surface area (Å²) in [7, 11) is 0. The van der Waals surface area contributed by atoms with E-state index in [4.69, 9.17) is 23.2 Å². The molecule has 0 unspecified atom stereocenters. The fourth-order valence-corrected chi connectivity index (χ4v) is 2.77. The molecule has 0 aliphatic carbocycles. The number of rotatable bonds is 4. The van der Waals surface area contributed by atoms with E-state index in [2.05, 4.69) is 15.9 Å². The molecule has 20 heavy (non-hydrogen) atoms. The van der Waals surface area contributed by atoms with Crippen molar-refractivity contribution in [1.82, 2.24) is 0 Å². The summed E-state index contributed by atoms with van der Waals surface area (Å²) in [6, 6.07) is 9.36. The summed E-state index contributed by atoms with van der Waals surface area (Å²) in [4.78, 5) is 12.1. The van der Waals surface area contributed by atoms with Crippen molar-refractivity contribution >= 4 is 44.9 Å². The first-order chi connectivity index (χ1) is 9.47. The quantitative estimate of drug-likeness (QED) is 0.713. The van der Waals surface area contributed by atoms with Gasteiger partial charge in [0.2, 0.25) is 0 Å². The van der Waals surface area contributed by atoms with E-state index >= 15 is 0 Å². The van der Waals surface area contributed by atoms with E-state index in [1.165, 1.54) is 12.1 Å². The summed E-state index contributed by atoms with van der Waals surface area (Å²) in [5.41, 5.74) is 1.21. The van der Waals surface area contributed by atoms with Crippen molar-refractivity contribution in [2.75, 3.05) is 0 Å². The Balaban J connectivity index is 2.15. The predicted molar refractivity (Wildman–Crippen MR) is 83.0 cm³/mol. The number of Topliss-reactive ketones (excluding diaryl/α,β-unsaturated/α-hetero) is 1. The van der Waals surface area contributed by atoms with Crippen LogP contribution in [0.1, 0.15) is 11.1 Å². The molecule has 0 atom stereocenters. The third-order valence-electron chi connectivity index (χ3n) is 2.83. The number of hydrogen-bond donors (Lipinski definition) is 0. The van der Waals surface area contributed by atoms with Crippen LogP contribution in [0.25, 0.3) is 0 Å². The van der Waals surface area contributed by atoms with Crippen molar-refractivity contribution in [3.8, 4) is 0 Å². The highest BCUT2D eigenvalue weighted by Crippen LogP contribution is 2.26. The predicted octanol–water partition coefficient (Wildman–Crippen LogP) is 5.25. The number of carbonyl (C=O) groups excluding carboxylic acids is 1. The Labute approximate surface area is 134 Å². The molecule has 0 aliphatic heterocycles. The van der Waals surface area contributed by atoms with E-state index in [0.717, 1.165) is 0 Å². The fraction of sp³-hybridized carbons (Fsp3) is 0.133. The second-order valence-corrected chi connectivity index (χ2v) is 6.00. The van der Waals surface area contributed by atoms with Crippen molar-refractivity contribution in [3.05, 3.63) is 67.9 Å². The van der Waals surface area contributed by atoms with Crippen LogP contribution in [-0.2, 0) is 17.6 Å². The van der Waals surface area contributed by atoms with Gasteiger partial charge in [0.1, 0.15) is 11.6 Å². The fourth-order valence-electron chi connectivity index (χ4n) is 1.85. The molecule has 0 heterocycles. The number of ketones is 1. The number of carbonyl (C=O) groups is 1. The molecule has 0 aromatic heterocycles. The largest absolute Gasteiger partial charge is 0.299 e. The van der Waals surface area contributed by atoms with Gasteiger partial charge in [0.15, 0.2) is 0 Å². The maximum atomic E-state index is 13.2. The summed E-state index contributed by atoms with van der Waals surface area (Å²) in [5.74, 6) is -0.446. The normalized spacial score (nSPS) is 10.6. The molecular formula is C15H10BrCl2FO. The molecule has 0 amide bonds. The maximum absolute atomic E-state index is 13.2. The van der Waals surface area contributed by atoms with Crippen molar-refractivity contribution in [2.24, 2.45) is 0 Å². The van der Waals surface area contributed by atoms with Crippen LogP contribution in [0.5, 0.6) is 0 Å². The average Bonchev–Trinajstić information content (AvgIpc) is 2.38. The first-order valence-electron chi connectivity index (χ1n) is 5.86. The van der Waals surface area contributed by atoms with Crippen molar-refractivity contribution < 1.29 is 9.18 Å². The molecule has 0 spiro atoms. The van der Waals surface area contributed by atoms with Crippen LogP contribution in [0.15, 0.2) is 40.9 Å². The van der Waals surface area contributed by atoms with E-state index in [9.17, 15) is 9.18 Å². The lowest BCUT2D eigenvalue weighted by Crippen LogP contribution is -2.08. The topological polar surface area (TPSA) is 17.1 Å². The van der Waals surface area contributed by atoms with Gasteiger partial charge < -0.3 is 0 Å². The molecule has 1 nitrogen and oxygen atoms in total. The molecule has 2 aromatic carbocycles. The first-order valence-corrected chi connectivity index (χ1v) is 7.41. The molecule has 0 N–H and O–H groups in total. The van der Waals surface area contributed by atoms with E-state index in [1.54, 1.807) is 24.3 Å². The van der Waals surface area contributed by atoms with Crippen LogP contribution in [0.3, 0.4) is 0 Å². The van der Waals surface area contributed by atoms with Gasteiger partial charge in [-0.2, -0.15) is 0 Å². The zero-order valence-corrected chi connectivity index (χ0v) is 13.4. The standard InChI is InChI=1S/C15H10BrCl2FO/c16-13-5-4-10(19)6-9(13)7-11(20)8-12-14(17)2-1-3-15(12)18/h1-6H,7-8H2. The summed E-state index contributed by atoms with van der Waals surface area (Å²) in [5, 5.41) is 0.924. The number of hydrogen-bond acceptors (Lipinski definition) is 1. The Morgan fingerprint density at radius 3 is 2.40 bits per heavy atom. The average molecular weight is 376 g/mol. The minimum Gasteiger partial charge on any atom is -0.299 e. The van der Waals surface area contributed by atoms with Gasteiger partial charge in [0.25, 0.3) is 0 Å². The van der Waals surface area contributed by atoms with Gasteiger partial charge in [-0.1, -0.05) is 45.2 Å². The molecule has 0 bridgehead atoms. The Morgan fingerprint density at radius 1 is 1.10 bits per heavy atom. The zero-order valence-electron chi connectivity index (χ0n) is 10.3. The summed E-state index contributed by atoms with van der Waals surface area (Å²) >= 11 is 15.4. The van der Waals surface area contributed by atoms with Crippen LogP contribution in [0.2, 0.25) is 10.0 Å². The minimum atomic E-state index is -0.369. The molecule has 104 valence electrons. The van der Waals surface area contributed by atoms with Gasteiger partial charge in [-0.3, -0.25) is 4.79 Å². The van der Waals surface area contributed by atoms with Crippen LogP contribution in [-0.4, -0.2) is 5.78 Å². The Kier molecular flexibility index (Phi) is 5.19. The third-order valence-corrected chi connectivity index (χ3v) is 4.31. The van der Waals surface area contributed by atoms with Gasteiger partial charge in [-0.05, 0) is 41.5 Å². The summed E-state index contributed by atoms with van der Waals surface area (Å²) in [6.45, 7) is 0. The highest BCUT2D eigenvalue weighted by atomic mass is 79.9. The summed E-state index contributed by atoms with van der Waals surface area (Å²) < 4.78 is 13.9. The van der Waals surface area contributed by atoms with E-state index in [-0.39, 0.29) is 24.4 Å². The molecule has 0 saturated carbocycles. The SMILES string of the molecule is O=C(Cc1cc(F)ccc1Br)Cc1c(Cl)cccc1Cl. The molecule has 2 rings (SSSR count). The lowest BCUT2D eigenvalue weighted by Gasteiger charge is -2.07. The van der Waals surface area contributed by atoms with Crippen LogP contribution >= 0.6 is 39.1 Å². The van der Waals surface area contributed by atoms with E-state index in [1.807, 2.05) is 0 Å². The minimum absolute atomic E-state index is 0.0775. The first kappa shape index (κ1) is 15.5. The van der Waals surface area contributed by atoms with E-state index in [0.29, 0.717) is 25.6 Å². The third kappa shape index (κ3) is 3.81. The molecule has 0 radical (unpaired) electrons. The van der Waals surface area contributed by atoms with Crippen LogP contribution < -0.4 is 0 Å². The zero-order chi connectivity index (χ0) is 14.7. The lowest BCUT2D eigenvalue weighted by atomic mass is 10.0. The summed E-state index contributed by atoms with van der Waals surface area (Å²) in [6.07, 6.45) is 0.251.